The van der Waals surface area contributed by atoms with Crippen molar-refractivity contribution in [1.29, 1.82) is 10.8 Å². The highest BCUT2D eigenvalue weighted by atomic mass is 16.5. The van der Waals surface area contributed by atoms with Gasteiger partial charge in [-0.05, 0) is 55.7 Å². The molecule has 8 heteroatoms. The third-order valence-corrected chi connectivity index (χ3v) is 5.20. The lowest BCUT2D eigenvalue weighted by Gasteiger charge is -2.20. The van der Waals surface area contributed by atoms with Gasteiger partial charge in [-0.15, -0.1) is 0 Å². The predicted octanol–water partition coefficient (Wildman–Crippen LogP) is 5.14. The summed E-state index contributed by atoms with van der Waals surface area (Å²) in [5.41, 5.74) is 3.49. The minimum Gasteiger partial charge on any atom is -0.493 e. The number of nitrogens with one attached hydrogen (secondary N) is 3. The van der Waals surface area contributed by atoms with Gasteiger partial charge in [0.05, 0.1) is 18.5 Å². The molecule has 1 aliphatic rings. The van der Waals surface area contributed by atoms with E-state index in [0.29, 0.717) is 36.0 Å². The molecule has 3 heterocycles. The predicted molar refractivity (Wildman–Crippen MR) is 135 cm³/mol. The molecule has 4 rings (SSSR count). The van der Waals surface area contributed by atoms with E-state index >= 15 is 0 Å². The molecule has 8 nitrogen and oxygen atoms in total. The molecule has 0 radical (unpaired) electrons. The van der Waals surface area contributed by atoms with E-state index in [1.807, 2.05) is 39.0 Å². The normalized spacial score (nSPS) is 13.9. The summed E-state index contributed by atoms with van der Waals surface area (Å²) < 4.78 is 5.94. The monoisotopic (exact) mass is 458 g/mol. The molecule has 3 N–H and O–H groups in total. The Bertz CT molecular complexity index is 1160. The quantitative estimate of drug-likeness (QED) is 0.363. The summed E-state index contributed by atoms with van der Waals surface area (Å²) in [6.45, 7) is 6.86. The first-order valence-corrected chi connectivity index (χ1v) is 11.4. The summed E-state index contributed by atoms with van der Waals surface area (Å²) in [5, 5.41) is 18.8. The van der Waals surface area contributed by atoms with Gasteiger partial charge in [-0.3, -0.25) is 20.6 Å². The number of carbonyl (C=O) groups excluding carboxylic acids is 1. The number of benzene rings is 1. The second-order valence-electron chi connectivity index (χ2n) is 7.49. The van der Waals surface area contributed by atoms with Crippen LogP contribution in [0.1, 0.15) is 48.4 Å². The molecule has 176 valence electrons. The fraction of sp³-hybridized carbons (Fsp3) is 0.269. The van der Waals surface area contributed by atoms with Crippen molar-refractivity contribution in [2.24, 2.45) is 0 Å². The Hall–Kier alpha value is -4.07. The Labute approximate surface area is 200 Å². The Balaban J connectivity index is 0.00000158. The maximum absolute atomic E-state index is 13.2. The van der Waals surface area contributed by atoms with Crippen LogP contribution in [0.3, 0.4) is 0 Å². The van der Waals surface area contributed by atoms with Crippen LogP contribution in [0.15, 0.2) is 54.7 Å². The van der Waals surface area contributed by atoms with Crippen LogP contribution in [0.4, 0.5) is 5.82 Å². The Morgan fingerprint density at radius 1 is 1.09 bits per heavy atom. The van der Waals surface area contributed by atoms with E-state index in [0.717, 1.165) is 36.0 Å². The number of nitrogens with zero attached hydrogens (tertiary/aromatic N) is 3. The fourth-order valence-corrected chi connectivity index (χ4v) is 3.43. The Kier molecular flexibility index (Phi) is 8.45. The number of hydrogen-bond acceptors (Lipinski definition) is 6. The zero-order valence-corrected chi connectivity index (χ0v) is 19.8. The fourth-order valence-electron chi connectivity index (χ4n) is 3.43. The van der Waals surface area contributed by atoms with Crippen molar-refractivity contribution in [1.82, 2.24) is 14.9 Å². The highest BCUT2D eigenvalue weighted by Crippen LogP contribution is 2.28. The second-order valence-corrected chi connectivity index (χ2v) is 7.49. The number of aryl methyl sites for hydroxylation is 1. The summed E-state index contributed by atoms with van der Waals surface area (Å²) in [4.78, 5) is 23.4. The van der Waals surface area contributed by atoms with Gasteiger partial charge in [0, 0.05) is 24.0 Å². The maximum Gasteiger partial charge on any atom is 0.260 e. The van der Waals surface area contributed by atoms with E-state index in [-0.39, 0.29) is 11.7 Å². The van der Waals surface area contributed by atoms with Crippen molar-refractivity contribution in [3.05, 3.63) is 71.7 Å². The first kappa shape index (κ1) is 24.6. The molecule has 3 aromatic rings. The number of aromatic nitrogens is 2. The van der Waals surface area contributed by atoms with E-state index in [4.69, 9.17) is 15.6 Å². The number of ether oxygens (including phenoxy) is 1. The summed E-state index contributed by atoms with van der Waals surface area (Å²) >= 11 is 0. The van der Waals surface area contributed by atoms with Gasteiger partial charge < -0.3 is 15.0 Å². The van der Waals surface area contributed by atoms with Crippen LogP contribution in [-0.2, 0) is 0 Å². The molecule has 34 heavy (non-hydrogen) atoms. The number of amides is 1. The maximum atomic E-state index is 13.2. The van der Waals surface area contributed by atoms with Crippen molar-refractivity contribution in [3.63, 3.8) is 0 Å². The third-order valence-electron chi connectivity index (χ3n) is 5.20. The molecule has 0 unspecified atom stereocenters. The molecule has 2 aromatic heterocycles. The van der Waals surface area contributed by atoms with Gasteiger partial charge in [-0.25, -0.2) is 4.98 Å². The molecular weight excluding hydrogens is 428 g/mol. The molecule has 0 saturated heterocycles. The van der Waals surface area contributed by atoms with Gasteiger partial charge in [-0.1, -0.05) is 32.0 Å². The van der Waals surface area contributed by atoms with Crippen LogP contribution in [0.25, 0.3) is 11.1 Å². The molecular formula is C26H30N6O2. The lowest BCUT2D eigenvalue weighted by Crippen LogP contribution is -2.31. The third kappa shape index (κ3) is 5.83. The number of anilines is 1. The van der Waals surface area contributed by atoms with Crippen molar-refractivity contribution in [2.75, 3.05) is 18.5 Å². The number of rotatable bonds is 2. The molecule has 0 spiro atoms. The molecule has 0 fully saturated rings. The highest BCUT2D eigenvalue weighted by molar-refractivity contribution is 6.07. The van der Waals surface area contributed by atoms with Crippen molar-refractivity contribution in [3.8, 4) is 16.9 Å². The van der Waals surface area contributed by atoms with Gasteiger partial charge >= 0.3 is 0 Å². The Morgan fingerprint density at radius 3 is 2.62 bits per heavy atom. The van der Waals surface area contributed by atoms with Crippen LogP contribution in [0.5, 0.6) is 5.75 Å². The van der Waals surface area contributed by atoms with Crippen molar-refractivity contribution >= 4 is 23.9 Å². The number of carbonyl (C=O) groups is 1. The molecule has 2 bridgehead atoms. The highest BCUT2D eigenvalue weighted by Gasteiger charge is 2.18. The summed E-state index contributed by atoms with van der Waals surface area (Å²) in [5.74, 6) is 0.589. The van der Waals surface area contributed by atoms with E-state index in [9.17, 15) is 4.79 Å². The molecule has 0 aliphatic carbocycles. The van der Waals surface area contributed by atoms with E-state index in [2.05, 4.69) is 15.3 Å². The van der Waals surface area contributed by atoms with E-state index in [1.54, 1.807) is 36.5 Å². The van der Waals surface area contributed by atoms with Gasteiger partial charge in [0.2, 0.25) is 0 Å². The average molecular weight is 459 g/mol. The molecule has 0 saturated carbocycles. The largest absolute Gasteiger partial charge is 0.493 e. The van der Waals surface area contributed by atoms with E-state index < -0.39 is 0 Å². The smallest absolute Gasteiger partial charge is 0.260 e. The van der Waals surface area contributed by atoms with Crippen LogP contribution in [0, 0.1) is 17.7 Å². The summed E-state index contributed by atoms with van der Waals surface area (Å²) in [7, 11) is 0. The summed E-state index contributed by atoms with van der Waals surface area (Å²) in [6.07, 6.45) is 4.35. The topological polar surface area (TPSA) is 115 Å². The van der Waals surface area contributed by atoms with Gasteiger partial charge in [-0.2, -0.15) is 0 Å². The first-order chi connectivity index (χ1) is 16.5. The SMILES string of the molecule is CC.Cc1ccc(-c2ccc3c(c2)C(=O)Nc2cccc(n2)C(=N)N(C=N)CCCCO3)cn1. The molecule has 1 aromatic carbocycles. The second kappa shape index (κ2) is 11.7. The van der Waals surface area contributed by atoms with Gasteiger partial charge in [0.15, 0.2) is 5.84 Å². The standard InChI is InChI=1S/C24H24N6O2.C2H6/c1-16-7-8-18(14-27-16)17-9-10-21-19(13-17)24(31)29-22-6-4-5-20(28-22)23(26)30(15-25)11-2-3-12-32-21;1-2/h4-10,13-15,25-26H,2-3,11-12H2,1H3,(H,28,29,31);1-2H3. The minimum absolute atomic E-state index is 0.114. The molecule has 1 amide bonds. The number of fused-ring (bicyclic) bond motifs is 3. The van der Waals surface area contributed by atoms with Gasteiger partial charge in [0.1, 0.15) is 17.3 Å². The zero-order chi connectivity index (χ0) is 24.5. The average Bonchev–Trinajstić information content (AvgIpc) is 2.87. The molecule has 0 atom stereocenters. The zero-order valence-electron chi connectivity index (χ0n) is 19.8. The number of pyridine rings is 2. The van der Waals surface area contributed by atoms with Crippen LogP contribution < -0.4 is 10.1 Å². The minimum atomic E-state index is -0.348. The van der Waals surface area contributed by atoms with Crippen LogP contribution in [-0.4, -0.2) is 46.1 Å². The van der Waals surface area contributed by atoms with Crippen molar-refractivity contribution in [2.45, 2.75) is 33.6 Å². The van der Waals surface area contributed by atoms with E-state index in [1.165, 1.54) is 4.90 Å². The van der Waals surface area contributed by atoms with Crippen LogP contribution in [0.2, 0.25) is 0 Å². The van der Waals surface area contributed by atoms with Gasteiger partial charge in [0.25, 0.3) is 5.91 Å². The van der Waals surface area contributed by atoms with Crippen molar-refractivity contribution < 1.29 is 9.53 Å². The van der Waals surface area contributed by atoms with Crippen LogP contribution >= 0.6 is 0 Å². The lowest BCUT2D eigenvalue weighted by molar-refractivity contribution is 0.102. The first-order valence-electron chi connectivity index (χ1n) is 11.4. The summed E-state index contributed by atoms with van der Waals surface area (Å²) in [6, 6.07) is 14.5. The number of hydrogen-bond donors (Lipinski definition) is 3. The lowest BCUT2D eigenvalue weighted by atomic mass is 10.0. The number of amidine groups is 1. The Morgan fingerprint density at radius 2 is 1.88 bits per heavy atom. The molecule has 1 aliphatic heterocycles.